The van der Waals surface area contributed by atoms with Crippen molar-refractivity contribution in [3.05, 3.63) is 24.0 Å². The zero-order valence-corrected chi connectivity index (χ0v) is 14.6. The number of aliphatic carboxylic acids is 1. The molecule has 10 heteroatoms. The zero-order chi connectivity index (χ0) is 18.8. The number of hydrogen-bond acceptors (Lipinski definition) is 8. The monoisotopic (exact) mass is 375 g/mol. The molecule has 0 aliphatic carbocycles. The van der Waals surface area contributed by atoms with Crippen LogP contribution >= 0.6 is 9.47 Å². The number of carboxylic acids is 1. The van der Waals surface area contributed by atoms with E-state index >= 15 is 0 Å². The first-order valence-electron chi connectivity index (χ1n) is 7.57. The average Bonchev–Trinajstić information content (AvgIpc) is 3.10. The number of esters is 1. The lowest BCUT2D eigenvalue weighted by Gasteiger charge is -2.26. The molecule has 0 amide bonds. The van der Waals surface area contributed by atoms with Crippen LogP contribution in [-0.4, -0.2) is 63.3 Å². The molecular formula is C15H22NO8P. The number of hydrogen-bond donors (Lipinski definition) is 3. The molecule has 0 aromatic rings. The number of aldehydes is 1. The summed E-state index contributed by atoms with van der Waals surface area (Å²) in [4.78, 5) is 41.4. The molecule has 0 saturated carbocycles. The molecule has 9 nitrogen and oxygen atoms in total. The molecule has 0 bridgehead atoms. The Kier molecular flexibility index (Phi) is 9.30. The molecule has 2 heterocycles. The molecule has 3 N–H and O–H groups in total. The number of ether oxygens (including phenoxy) is 2. The van der Waals surface area contributed by atoms with Crippen LogP contribution in [0.1, 0.15) is 25.7 Å². The van der Waals surface area contributed by atoms with Crippen LogP contribution in [0.4, 0.5) is 0 Å². The van der Waals surface area contributed by atoms with E-state index in [1.807, 2.05) is 17.2 Å². The highest BCUT2D eigenvalue weighted by molar-refractivity contribution is 7.08. The van der Waals surface area contributed by atoms with Crippen LogP contribution in [0, 0.1) is 0 Å². The van der Waals surface area contributed by atoms with Gasteiger partial charge in [0, 0.05) is 18.0 Å². The van der Waals surface area contributed by atoms with Crippen molar-refractivity contribution in [2.75, 3.05) is 6.61 Å². The minimum absolute atomic E-state index is 0.00345. The summed E-state index contributed by atoms with van der Waals surface area (Å²) < 4.78 is 10.7. The first-order chi connectivity index (χ1) is 12.0. The quantitative estimate of drug-likeness (QED) is 0.318. The van der Waals surface area contributed by atoms with Gasteiger partial charge in [0.1, 0.15) is 19.1 Å². The Morgan fingerprint density at radius 2 is 2.16 bits per heavy atom. The molecule has 0 spiro atoms. The normalized spacial score (nSPS) is 23.2. The largest absolute Gasteiger partial charge is 0.479 e. The third-order valence-corrected chi connectivity index (χ3v) is 3.59. The van der Waals surface area contributed by atoms with E-state index in [0.29, 0.717) is 24.8 Å². The molecule has 0 aromatic heterocycles. The Morgan fingerprint density at radius 1 is 1.44 bits per heavy atom. The summed E-state index contributed by atoms with van der Waals surface area (Å²) in [5, 5.41) is 17.6. The van der Waals surface area contributed by atoms with Crippen LogP contribution in [0.3, 0.4) is 0 Å². The summed E-state index contributed by atoms with van der Waals surface area (Å²) in [6.45, 7) is 0.00345. The summed E-state index contributed by atoms with van der Waals surface area (Å²) in [6, 6.07) is 0. The molecule has 1 saturated heterocycles. The smallest absolute Gasteiger partial charge is 0.333 e. The highest BCUT2D eigenvalue weighted by Crippen LogP contribution is 2.26. The average molecular weight is 375 g/mol. The van der Waals surface area contributed by atoms with E-state index in [1.54, 1.807) is 6.20 Å². The molecule has 2 rings (SSSR count). The van der Waals surface area contributed by atoms with Gasteiger partial charge in [-0.05, 0) is 28.7 Å². The van der Waals surface area contributed by atoms with Crippen LogP contribution < -0.4 is 0 Å². The topological polar surface area (TPSA) is 134 Å². The SMILES string of the molecule is O=CC1=CN(C2CCC(COC(=O)CC(O)C(=O)O)O2)C=CC1.OP. The number of allylic oxidation sites excluding steroid dienone is 2. The minimum atomic E-state index is -1.76. The first kappa shape index (κ1) is 21.2. The van der Waals surface area contributed by atoms with Gasteiger partial charge in [-0.2, -0.15) is 0 Å². The molecular weight excluding hydrogens is 353 g/mol. The van der Waals surface area contributed by atoms with Crippen LogP contribution in [0.15, 0.2) is 24.0 Å². The molecule has 2 aliphatic rings. The predicted octanol–water partition coefficient (Wildman–Crippen LogP) is -0.0587. The molecule has 0 aromatic carbocycles. The highest BCUT2D eigenvalue weighted by atomic mass is 31.0. The van der Waals surface area contributed by atoms with Gasteiger partial charge >= 0.3 is 11.9 Å². The number of carbonyl (C=O) groups excluding carboxylic acids is 2. The Balaban J connectivity index is 0.00000151. The van der Waals surface area contributed by atoms with Gasteiger partial charge in [-0.3, -0.25) is 9.59 Å². The fourth-order valence-electron chi connectivity index (χ4n) is 2.37. The number of nitrogens with zero attached hydrogens (tertiary/aromatic N) is 1. The van der Waals surface area contributed by atoms with Gasteiger partial charge in [0.2, 0.25) is 0 Å². The summed E-state index contributed by atoms with van der Waals surface area (Å²) in [5.74, 6) is -2.25. The fourth-order valence-corrected chi connectivity index (χ4v) is 2.37. The molecule has 1 fully saturated rings. The van der Waals surface area contributed by atoms with Gasteiger partial charge in [-0.1, -0.05) is 6.08 Å². The molecule has 2 aliphatic heterocycles. The van der Waals surface area contributed by atoms with Crippen molar-refractivity contribution in [2.24, 2.45) is 0 Å². The predicted molar refractivity (Wildman–Crippen MR) is 88.8 cm³/mol. The van der Waals surface area contributed by atoms with E-state index < -0.39 is 24.5 Å². The first-order valence-corrected chi connectivity index (χ1v) is 8.09. The van der Waals surface area contributed by atoms with Crippen molar-refractivity contribution in [1.82, 2.24) is 4.90 Å². The third-order valence-electron chi connectivity index (χ3n) is 3.59. The molecule has 140 valence electrons. The van der Waals surface area contributed by atoms with Crippen LogP contribution in [-0.2, 0) is 23.9 Å². The summed E-state index contributed by atoms with van der Waals surface area (Å²) in [7, 11) is 1.42. The van der Waals surface area contributed by atoms with Gasteiger partial charge in [-0.25, -0.2) is 4.79 Å². The molecule has 25 heavy (non-hydrogen) atoms. The Labute approximate surface area is 147 Å². The van der Waals surface area contributed by atoms with Crippen molar-refractivity contribution >= 4 is 27.7 Å². The number of carbonyl (C=O) groups is 3. The second kappa shape index (κ2) is 10.9. The Morgan fingerprint density at radius 3 is 2.80 bits per heavy atom. The van der Waals surface area contributed by atoms with Gasteiger partial charge in [0.15, 0.2) is 6.10 Å². The van der Waals surface area contributed by atoms with Crippen LogP contribution in [0.25, 0.3) is 0 Å². The second-order valence-corrected chi connectivity index (χ2v) is 5.39. The summed E-state index contributed by atoms with van der Waals surface area (Å²) in [6.07, 6.45) is 5.36. The van der Waals surface area contributed by atoms with E-state index in [1.165, 1.54) is 9.47 Å². The fraction of sp³-hybridized carbons (Fsp3) is 0.533. The summed E-state index contributed by atoms with van der Waals surface area (Å²) >= 11 is 0. The Hall–Kier alpha value is -1.80. The van der Waals surface area contributed by atoms with E-state index in [2.05, 4.69) is 0 Å². The second-order valence-electron chi connectivity index (χ2n) is 5.39. The van der Waals surface area contributed by atoms with Gasteiger partial charge in [0.05, 0.1) is 12.5 Å². The van der Waals surface area contributed by atoms with Gasteiger partial charge in [0.25, 0.3) is 0 Å². The van der Waals surface area contributed by atoms with Crippen molar-refractivity contribution in [3.63, 3.8) is 0 Å². The van der Waals surface area contributed by atoms with E-state index in [4.69, 9.17) is 24.6 Å². The minimum Gasteiger partial charge on any atom is -0.479 e. The van der Waals surface area contributed by atoms with Crippen molar-refractivity contribution in [1.29, 1.82) is 0 Å². The van der Waals surface area contributed by atoms with Gasteiger partial charge in [-0.15, -0.1) is 0 Å². The van der Waals surface area contributed by atoms with Gasteiger partial charge < -0.3 is 29.5 Å². The van der Waals surface area contributed by atoms with E-state index in [0.717, 1.165) is 6.29 Å². The van der Waals surface area contributed by atoms with E-state index in [-0.39, 0.29) is 18.9 Å². The number of aliphatic hydroxyl groups is 1. The lowest BCUT2D eigenvalue weighted by Crippen LogP contribution is -2.30. The lowest BCUT2D eigenvalue weighted by atomic mass is 10.1. The maximum atomic E-state index is 11.4. The number of aliphatic hydroxyl groups excluding tert-OH is 1. The molecule has 0 radical (unpaired) electrons. The number of rotatable bonds is 7. The standard InChI is InChI=1S/C15H19NO7.H3OP/c17-8-10-2-1-5-16(7-10)13-4-3-11(23-13)9-22-14(19)6-12(18)15(20)21;1-2/h1,5,7-8,11-13,18H,2-4,6,9H2,(H,20,21);1H,2H2. The highest BCUT2D eigenvalue weighted by Gasteiger charge is 2.30. The maximum absolute atomic E-state index is 11.4. The molecule has 4 atom stereocenters. The van der Waals surface area contributed by atoms with Crippen molar-refractivity contribution in [2.45, 2.75) is 44.1 Å². The third kappa shape index (κ3) is 6.91. The Bertz CT molecular complexity index is 536. The van der Waals surface area contributed by atoms with E-state index in [9.17, 15) is 14.4 Å². The zero-order valence-electron chi connectivity index (χ0n) is 13.5. The summed E-state index contributed by atoms with van der Waals surface area (Å²) in [5.41, 5.74) is 0.661. The molecule has 4 unspecified atom stereocenters. The van der Waals surface area contributed by atoms with Crippen LogP contribution in [0.2, 0.25) is 0 Å². The number of carboxylic acid groups (broad SMARTS) is 1. The van der Waals surface area contributed by atoms with Crippen molar-refractivity contribution in [3.8, 4) is 0 Å². The maximum Gasteiger partial charge on any atom is 0.333 e. The lowest BCUT2D eigenvalue weighted by molar-refractivity contribution is -0.158. The van der Waals surface area contributed by atoms with Crippen molar-refractivity contribution < 1.29 is 39.0 Å². The van der Waals surface area contributed by atoms with Crippen LogP contribution in [0.5, 0.6) is 0 Å².